The number of allylic oxidation sites excluding steroid dienone is 1. The van der Waals surface area contributed by atoms with Gasteiger partial charge in [-0.15, -0.1) is 17.9 Å². The highest BCUT2D eigenvalue weighted by Gasteiger charge is 2.22. The monoisotopic (exact) mass is 457 g/mol. The molecule has 0 unspecified atom stereocenters. The minimum Gasteiger partial charge on any atom is -0.310 e. The smallest absolute Gasteiger partial charge is 0.263 e. The van der Waals surface area contributed by atoms with Crippen LogP contribution in [0.3, 0.4) is 0 Å². The van der Waals surface area contributed by atoms with Gasteiger partial charge in [0.2, 0.25) is 5.91 Å². The summed E-state index contributed by atoms with van der Waals surface area (Å²) in [5.74, 6) is 0.659. The van der Waals surface area contributed by atoms with E-state index in [4.69, 9.17) is 4.98 Å². The summed E-state index contributed by atoms with van der Waals surface area (Å²) < 4.78 is 3.41. The second-order valence-electron chi connectivity index (χ2n) is 7.94. The summed E-state index contributed by atoms with van der Waals surface area (Å²) in [5.41, 5.74) is 1.16. The summed E-state index contributed by atoms with van der Waals surface area (Å²) in [6.45, 7) is 8.18. The lowest BCUT2D eigenvalue weighted by molar-refractivity contribution is -0.113. The molecule has 0 aromatic carbocycles. The molecule has 0 saturated carbocycles. The molecule has 0 bridgehead atoms. The van der Waals surface area contributed by atoms with Gasteiger partial charge in [-0.05, 0) is 45.1 Å². The fraction of sp³-hybridized carbons (Fsp3) is 0.455. The van der Waals surface area contributed by atoms with Gasteiger partial charge in [-0.2, -0.15) is 5.10 Å². The third kappa shape index (κ3) is 4.48. The molecule has 3 heterocycles. The predicted molar refractivity (Wildman–Crippen MR) is 127 cm³/mol. The molecule has 0 fully saturated rings. The molecule has 1 aliphatic rings. The molecule has 1 aliphatic carbocycles. The van der Waals surface area contributed by atoms with Crippen LogP contribution in [0, 0.1) is 0 Å². The van der Waals surface area contributed by atoms with Gasteiger partial charge in [-0.3, -0.25) is 14.2 Å². The number of amides is 1. The van der Waals surface area contributed by atoms with E-state index in [1.807, 2.05) is 13.8 Å². The van der Waals surface area contributed by atoms with Crippen LogP contribution in [0.2, 0.25) is 0 Å². The van der Waals surface area contributed by atoms with Crippen LogP contribution < -0.4 is 10.9 Å². The fourth-order valence-electron chi connectivity index (χ4n) is 3.93. The number of aryl methyl sites for hydroxylation is 2. The van der Waals surface area contributed by atoms with E-state index in [1.165, 1.54) is 28.6 Å². The van der Waals surface area contributed by atoms with Gasteiger partial charge >= 0.3 is 0 Å². The van der Waals surface area contributed by atoms with Crippen LogP contribution in [0.15, 0.2) is 34.9 Å². The Bertz CT molecular complexity index is 1170. The highest BCUT2D eigenvalue weighted by molar-refractivity contribution is 7.99. The summed E-state index contributed by atoms with van der Waals surface area (Å²) in [6, 6.07) is 1.92. The predicted octanol–water partition coefficient (Wildman–Crippen LogP) is 4.42. The van der Waals surface area contributed by atoms with Crippen molar-refractivity contribution < 1.29 is 4.79 Å². The van der Waals surface area contributed by atoms with Gasteiger partial charge < -0.3 is 5.32 Å². The Morgan fingerprint density at radius 3 is 2.94 bits per heavy atom. The quantitative estimate of drug-likeness (QED) is 0.246. The minimum atomic E-state index is -0.158. The molecule has 0 atom stereocenters. The van der Waals surface area contributed by atoms with Crippen LogP contribution in [0.25, 0.3) is 10.2 Å². The first-order chi connectivity index (χ1) is 15.0. The summed E-state index contributed by atoms with van der Waals surface area (Å²) in [5, 5.41) is 8.46. The maximum atomic E-state index is 13.4. The first-order valence-corrected chi connectivity index (χ1v) is 12.4. The van der Waals surface area contributed by atoms with Gasteiger partial charge in [0, 0.05) is 23.5 Å². The number of carbonyl (C=O) groups excluding carboxylic acids is 1. The van der Waals surface area contributed by atoms with Crippen molar-refractivity contribution in [2.24, 2.45) is 0 Å². The zero-order valence-electron chi connectivity index (χ0n) is 17.9. The van der Waals surface area contributed by atoms with Crippen LogP contribution in [-0.2, 0) is 24.2 Å². The number of thiophene rings is 1. The van der Waals surface area contributed by atoms with Gasteiger partial charge in [0.15, 0.2) is 5.16 Å². The molecule has 1 amide bonds. The van der Waals surface area contributed by atoms with E-state index in [-0.39, 0.29) is 23.3 Å². The van der Waals surface area contributed by atoms with Crippen molar-refractivity contribution in [1.82, 2.24) is 19.3 Å². The zero-order valence-corrected chi connectivity index (χ0v) is 19.5. The number of aromatic nitrogens is 4. The molecule has 0 aliphatic heterocycles. The maximum Gasteiger partial charge on any atom is 0.263 e. The lowest BCUT2D eigenvalue weighted by Crippen LogP contribution is -2.24. The van der Waals surface area contributed by atoms with Crippen molar-refractivity contribution in [3.63, 3.8) is 0 Å². The minimum absolute atomic E-state index is 0.0231. The molecule has 3 aromatic heterocycles. The summed E-state index contributed by atoms with van der Waals surface area (Å²) in [4.78, 5) is 32.8. The molecular formula is C22H27N5O2S2. The highest BCUT2D eigenvalue weighted by Crippen LogP contribution is 2.34. The van der Waals surface area contributed by atoms with Crippen LogP contribution >= 0.6 is 23.1 Å². The number of carbonyl (C=O) groups is 1. The standard InChI is InChI=1S/C22H27N5O2S2/c1-4-12-26-21(29)19-15-8-6-5-7-9-16(15)31-20(19)25-22(26)30-13-18(28)24-17-10-11-23-27(17)14(2)3/h4,10-11,14H,1,5-9,12-13H2,2-3H3,(H,24,28). The third-order valence-electron chi connectivity index (χ3n) is 5.36. The van der Waals surface area contributed by atoms with Gasteiger partial charge in [0.25, 0.3) is 5.56 Å². The summed E-state index contributed by atoms with van der Waals surface area (Å²) >= 11 is 2.91. The van der Waals surface area contributed by atoms with Crippen LogP contribution in [0.4, 0.5) is 5.82 Å². The average Bonchev–Trinajstić information content (AvgIpc) is 3.26. The maximum absolute atomic E-state index is 13.4. The molecular weight excluding hydrogens is 430 g/mol. The van der Waals surface area contributed by atoms with E-state index in [0.717, 1.165) is 35.9 Å². The largest absolute Gasteiger partial charge is 0.310 e. The Balaban J connectivity index is 1.60. The van der Waals surface area contributed by atoms with E-state index in [1.54, 1.807) is 38.9 Å². The van der Waals surface area contributed by atoms with Crippen molar-refractivity contribution in [2.45, 2.75) is 63.7 Å². The van der Waals surface area contributed by atoms with Gasteiger partial charge in [0.1, 0.15) is 10.6 Å². The second kappa shape index (κ2) is 9.40. The molecule has 0 radical (unpaired) electrons. The third-order valence-corrected chi connectivity index (χ3v) is 7.52. The number of hydrogen-bond acceptors (Lipinski definition) is 6. The Labute approximate surface area is 189 Å². The Hall–Kier alpha value is -2.39. The van der Waals surface area contributed by atoms with Crippen molar-refractivity contribution in [3.05, 3.63) is 45.7 Å². The van der Waals surface area contributed by atoms with Crippen molar-refractivity contribution >= 4 is 45.0 Å². The average molecular weight is 458 g/mol. The number of rotatable bonds is 7. The fourth-order valence-corrected chi connectivity index (χ4v) is 6.04. The van der Waals surface area contributed by atoms with Crippen molar-refractivity contribution in [1.29, 1.82) is 0 Å². The van der Waals surface area contributed by atoms with Crippen LogP contribution in [-0.4, -0.2) is 31.0 Å². The lowest BCUT2D eigenvalue weighted by atomic mass is 10.1. The van der Waals surface area contributed by atoms with Gasteiger partial charge in [-0.1, -0.05) is 24.3 Å². The summed E-state index contributed by atoms with van der Waals surface area (Å²) in [7, 11) is 0. The van der Waals surface area contributed by atoms with E-state index in [2.05, 4.69) is 17.0 Å². The molecule has 0 spiro atoms. The molecule has 164 valence electrons. The van der Waals surface area contributed by atoms with E-state index >= 15 is 0 Å². The Kier molecular flexibility index (Phi) is 6.62. The van der Waals surface area contributed by atoms with Gasteiger partial charge in [0.05, 0.1) is 17.3 Å². The second-order valence-corrected chi connectivity index (χ2v) is 9.96. The van der Waals surface area contributed by atoms with Gasteiger partial charge in [-0.25, -0.2) is 9.67 Å². The first kappa shape index (κ1) is 21.8. The SMILES string of the molecule is C=CCn1c(SCC(=O)Nc2ccnn2C(C)C)nc2sc3c(c2c1=O)CCCCC3. The number of nitrogens with one attached hydrogen (secondary N) is 1. The molecule has 31 heavy (non-hydrogen) atoms. The number of fused-ring (bicyclic) bond motifs is 3. The molecule has 0 saturated heterocycles. The molecule has 1 N–H and O–H groups in total. The Morgan fingerprint density at radius 1 is 1.35 bits per heavy atom. The number of nitrogens with zero attached hydrogens (tertiary/aromatic N) is 4. The highest BCUT2D eigenvalue weighted by atomic mass is 32.2. The zero-order chi connectivity index (χ0) is 22.0. The van der Waals surface area contributed by atoms with E-state index in [0.29, 0.717) is 17.5 Å². The molecule has 3 aromatic rings. The molecule has 9 heteroatoms. The number of anilines is 1. The Morgan fingerprint density at radius 2 is 2.16 bits per heavy atom. The number of hydrogen-bond donors (Lipinski definition) is 1. The van der Waals surface area contributed by atoms with Crippen LogP contribution in [0.5, 0.6) is 0 Å². The normalized spacial score (nSPS) is 13.9. The molecule has 7 nitrogen and oxygen atoms in total. The topological polar surface area (TPSA) is 81.8 Å². The van der Waals surface area contributed by atoms with Crippen molar-refractivity contribution in [2.75, 3.05) is 11.1 Å². The van der Waals surface area contributed by atoms with Crippen LogP contribution in [0.1, 0.15) is 49.6 Å². The van der Waals surface area contributed by atoms with E-state index in [9.17, 15) is 9.59 Å². The number of thioether (sulfide) groups is 1. The van der Waals surface area contributed by atoms with Crippen molar-refractivity contribution in [3.8, 4) is 0 Å². The first-order valence-electron chi connectivity index (χ1n) is 10.6. The molecule has 4 rings (SSSR count). The van der Waals surface area contributed by atoms with E-state index < -0.39 is 0 Å². The lowest BCUT2D eigenvalue weighted by Gasteiger charge is -2.13. The summed E-state index contributed by atoms with van der Waals surface area (Å²) in [6.07, 6.45) is 8.81.